The standard InChI is InChI=1S/C41H47NO6/c1-8-46-36-19-28(15-17-34(36)48-25-27-14-16-33(35(18-27)45-7)47-24-26-12-10-9-11-13-26)37-38-29(20-40(2,3)22-31(38)43)42(6)30-21-41(4,5)23-32(44)39(30)37/h9-19,37H,8,20-25H2,1-7H3. The number of hydrogen-bond acceptors (Lipinski definition) is 7. The van der Waals surface area contributed by atoms with Gasteiger partial charge in [0.25, 0.3) is 0 Å². The lowest BCUT2D eigenvalue weighted by molar-refractivity contribution is -0.119. The number of carbonyl (C=O) groups is 2. The lowest BCUT2D eigenvalue weighted by atomic mass is 9.64. The van der Waals surface area contributed by atoms with Crippen LogP contribution in [0.2, 0.25) is 0 Å². The minimum atomic E-state index is -0.431. The van der Waals surface area contributed by atoms with Crippen molar-refractivity contribution in [1.82, 2.24) is 4.90 Å². The van der Waals surface area contributed by atoms with Gasteiger partial charge in [0.05, 0.1) is 13.7 Å². The maximum absolute atomic E-state index is 13.9. The zero-order chi connectivity index (χ0) is 34.2. The highest BCUT2D eigenvalue weighted by Gasteiger charge is 2.48. The first-order valence-corrected chi connectivity index (χ1v) is 16.9. The zero-order valence-electron chi connectivity index (χ0n) is 29.3. The van der Waals surface area contributed by atoms with Crippen LogP contribution in [0.5, 0.6) is 23.0 Å². The lowest BCUT2D eigenvalue weighted by Gasteiger charge is -2.47. The van der Waals surface area contributed by atoms with Gasteiger partial charge in [-0.05, 0) is 71.6 Å². The molecule has 0 saturated carbocycles. The molecule has 252 valence electrons. The fraction of sp³-hybridized carbons (Fsp3) is 0.415. The Hall–Kier alpha value is -4.52. The number of carbonyl (C=O) groups excluding carboxylic acids is 2. The van der Waals surface area contributed by atoms with E-state index < -0.39 is 5.92 Å². The fourth-order valence-corrected chi connectivity index (χ4v) is 7.41. The van der Waals surface area contributed by atoms with Crippen LogP contribution in [0.1, 0.15) is 82.9 Å². The van der Waals surface area contributed by atoms with Crippen molar-refractivity contribution in [3.05, 3.63) is 106 Å². The summed E-state index contributed by atoms with van der Waals surface area (Å²) in [6, 6.07) is 21.6. The maximum Gasteiger partial charge on any atom is 0.162 e. The van der Waals surface area contributed by atoms with E-state index in [1.807, 2.05) is 80.7 Å². The van der Waals surface area contributed by atoms with E-state index in [2.05, 4.69) is 32.6 Å². The summed E-state index contributed by atoms with van der Waals surface area (Å²) in [6.45, 7) is 11.7. The van der Waals surface area contributed by atoms with Crippen molar-refractivity contribution in [3.63, 3.8) is 0 Å². The predicted molar refractivity (Wildman–Crippen MR) is 186 cm³/mol. The van der Waals surface area contributed by atoms with Gasteiger partial charge >= 0.3 is 0 Å². The van der Waals surface area contributed by atoms with Gasteiger partial charge in [-0.2, -0.15) is 0 Å². The third kappa shape index (κ3) is 6.73. The number of nitrogens with zero attached hydrogens (tertiary/aromatic N) is 1. The van der Waals surface area contributed by atoms with E-state index in [0.717, 1.165) is 52.1 Å². The molecule has 0 spiro atoms. The molecule has 0 atom stereocenters. The first-order valence-electron chi connectivity index (χ1n) is 16.9. The lowest BCUT2D eigenvalue weighted by Crippen LogP contribution is -2.43. The number of ether oxygens (including phenoxy) is 4. The van der Waals surface area contributed by atoms with Crippen LogP contribution in [0.15, 0.2) is 89.3 Å². The van der Waals surface area contributed by atoms with Crippen molar-refractivity contribution in [2.75, 3.05) is 20.8 Å². The van der Waals surface area contributed by atoms with Gasteiger partial charge in [-0.3, -0.25) is 9.59 Å². The number of Topliss-reactive ketones (excluding diaryl/α,β-unsaturated/α-hetero) is 2. The predicted octanol–water partition coefficient (Wildman–Crippen LogP) is 8.57. The quantitative estimate of drug-likeness (QED) is 0.218. The van der Waals surface area contributed by atoms with E-state index in [9.17, 15) is 9.59 Å². The molecule has 0 aromatic heterocycles. The van der Waals surface area contributed by atoms with E-state index in [4.69, 9.17) is 18.9 Å². The average Bonchev–Trinajstić information content (AvgIpc) is 3.04. The first-order chi connectivity index (χ1) is 22.9. The van der Waals surface area contributed by atoms with Gasteiger partial charge in [0.1, 0.15) is 13.2 Å². The second kappa shape index (κ2) is 13.2. The Morgan fingerprint density at radius 3 is 1.81 bits per heavy atom. The molecule has 0 fully saturated rings. The SMILES string of the molecule is CCOc1cc(C2C3=C(CC(C)(C)CC3=O)N(C)C3=C2C(=O)CC(C)(C)C3)ccc1OCc1ccc(OCc2ccccc2)c(OC)c1. The maximum atomic E-state index is 13.9. The topological polar surface area (TPSA) is 74.3 Å². The summed E-state index contributed by atoms with van der Waals surface area (Å²) in [7, 11) is 3.66. The van der Waals surface area contributed by atoms with E-state index >= 15 is 0 Å². The third-order valence-corrected chi connectivity index (χ3v) is 9.64. The Labute approximate surface area is 284 Å². The van der Waals surface area contributed by atoms with Crippen LogP contribution in [0, 0.1) is 10.8 Å². The van der Waals surface area contributed by atoms with Crippen molar-refractivity contribution in [3.8, 4) is 23.0 Å². The molecule has 0 saturated heterocycles. The van der Waals surface area contributed by atoms with Crippen LogP contribution in [-0.4, -0.2) is 37.2 Å². The zero-order valence-corrected chi connectivity index (χ0v) is 29.3. The Bertz CT molecular complexity index is 1730. The minimum absolute atomic E-state index is 0.116. The number of rotatable bonds is 10. The summed E-state index contributed by atoms with van der Waals surface area (Å²) in [4.78, 5) is 30.0. The molecule has 48 heavy (non-hydrogen) atoms. The summed E-state index contributed by atoms with van der Waals surface area (Å²) >= 11 is 0. The van der Waals surface area contributed by atoms with Crippen molar-refractivity contribution >= 4 is 11.6 Å². The Morgan fingerprint density at radius 1 is 0.667 bits per heavy atom. The van der Waals surface area contributed by atoms with Crippen LogP contribution < -0.4 is 18.9 Å². The number of benzene rings is 3. The molecule has 2 aliphatic carbocycles. The monoisotopic (exact) mass is 649 g/mol. The van der Waals surface area contributed by atoms with Gasteiger partial charge in [0.2, 0.25) is 0 Å². The van der Waals surface area contributed by atoms with Crippen LogP contribution in [0.25, 0.3) is 0 Å². The van der Waals surface area contributed by atoms with Gasteiger partial charge in [-0.15, -0.1) is 0 Å². The molecule has 0 N–H and O–H groups in total. The molecule has 7 nitrogen and oxygen atoms in total. The first kappa shape index (κ1) is 33.4. The molecule has 0 amide bonds. The van der Waals surface area contributed by atoms with E-state index in [1.165, 1.54) is 0 Å². The van der Waals surface area contributed by atoms with Gasteiger partial charge in [0.15, 0.2) is 34.6 Å². The average molecular weight is 650 g/mol. The van der Waals surface area contributed by atoms with E-state index in [0.29, 0.717) is 49.1 Å². The summed E-state index contributed by atoms with van der Waals surface area (Å²) in [6.07, 6.45) is 2.48. The fourth-order valence-electron chi connectivity index (χ4n) is 7.41. The molecule has 3 aromatic rings. The van der Waals surface area contributed by atoms with Gasteiger partial charge in [0, 0.05) is 48.3 Å². The normalized spacial score (nSPS) is 18.8. The summed E-state index contributed by atoms with van der Waals surface area (Å²) in [5, 5.41) is 0. The second-order valence-electron chi connectivity index (χ2n) is 14.8. The number of allylic oxidation sites excluding steroid dienone is 4. The van der Waals surface area contributed by atoms with Crippen molar-refractivity contribution in [1.29, 1.82) is 0 Å². The Morgan fingerprint density at radius 2 is 1.23 bits per heavy atom. The highest BCUT2D eigenvalue weighted by Crippen LogP contribution is 2.54. The molecular formula is C41H47NO6. The van der Waals surface area contributed by atoms with Crippen molar-refractivity contribution in [2.45, 2.75) is 79.4 Å². The van der Waals surface area contributed by atoms with Gasteiger partial charge in [-0.1, -0.05) is 70.2 Å². The van der Waals surface area contributed by atoms with Crippen molar-refractivity contribution < 1.29 is 28.5 Å². The Kier molecular flexibility index (Phi) is 9.16. The molecule has 0 radical (unpaired) electrons. The number of methoxy groups -OCH3 is 1. The van der Waals surface area contributed by atoms with Crippen LogP contribution in [-0.2, 0) is 22.8 Å². The molecule has 7 heteroatoms. The van der Waals surface area contributed by atoms with Crippen LogP contribution in [0.3, 0.4) is 0 Å². The molecule has 0 unspecified atom stereocenters. The summed E-state index contributed by atoms with van der Waals surface area (Å²) in [5.74, 6) is 2.26. The van der Waals surface area contributed by atoms with Crippen LogP contribution in [0.4, 0.5) is 0 Å². The van der Waals surface area contributed by atoms with E-state index in [-0.39, 0.29) is 29.0 Å². The molecule has 3 aromatic carbocycles. The number of ketones is 2. The van der Waals surface area contributed by atoms with Crippen molar-refractivity contribution in [2.24, 2.45) is 10.8 Å². The third-order valence-electron chi connectivity index (χ3n) is 9.64. The van der Waals surface area contributed by atoms with Gasteiger partial charge in [-0.25, -0.2) is 0 Å². The molecule has 6 rings (SSSR count). The van der Waals surface area contributed by atoms with Crippen LogP contribution >= 0.6 is 0 Å². The minimum Gasteiger partial charge on any atom is -0.493 e. The largest absolute Gasteiger partial charge is 0.493 e. The molecule has 0 bridgehead atoms. The molecule has 3 aliphatic rings. The highest BCUT2D eigenvalue weighted by atomic mass is 16.5. The Balaban J connectivity index is 1.30. The smallest absolute Gasteiger partial charge is 0.162 e. The summed E-state index contributed by atoms with van der Waals surface area (Å²) < 4.78 is 24.1. The van der Waals surface area contributed by atoms with Gasteiger partial charge < -0.3 is 23.8 Å². The number of hydrogen-bond donors (Lipinski definition) is 0. The van der Waals surface area contributed by atoms with E-state index in [1.54, 1.807) is 7.11 Å². The highest BCUT2D eigenvalue weighted by molar-refractivity contribution is 6.06. The molecule has 1 heterocycles. The molecule has 1 aliphatic heterocycles. The second-order valence-corrected chi connectivity index (χ2v) is 14.8. The molecular weight excluding hydrogens is 602 g/mol. The summed E-state index contributed by atoms with van der Waals surface area (Å²) in [5.41, 5.74) is 6.14.